The summed E-state index contributed by atoms with van der Waals surface area (Å²) in [4.78, 5) is 11.4. The van der Waals surface area contributed by atoms with E-state index in [0.29, 0.717) is 5.92 Å². The lowest BCUT2D eigenvalue weighted by atomic mass is 9.95. The van der Waals surface area contributed by atoms with Crippen LogP contribution in [0.4, 0.5) is 0 Å². The summed E-state index contributed by atoms with van der Waals surface area (Å²) in [6, 6.07) is 0.192. The normalized spacial score (nSPS) is 26.6. The van der Waals surface area contributed by atoms with E-state index in [0.717, 1.165) is 26.1 Å². The first-order chi connectivity index (χ1) is 6.61. The average molecular weight is 217 g/mol. The zero-order valence-electron chi connectivity index (χ0n) is 8.82. The van der Waals surface area contributed by atoms with Crippen LogP contribution in [0.25, 0.3) is 0 Å². The molecule has 3 nitrogen and oxygen atoms in total. The number of amides is 1. The summed E-state index contributed by atoms with van der Waals surface area (Å²) in [5, 5.41) is 2.72. The van der Waals surface area contributed by atoms with E-state index in [1.165, 1.54) is 0 Å². The molecule has 0 aromatic heterocycles. The number of carbonyl (C=O) groups is 1. The van der Waals surface area contributed by atoms with Crippen molar-refractivity contribution in [2.75, 3.05) is 13.2 Å². The third-order valence-corrected chi connectivity index (χ3v) is 2.89. The minimum absolute atomic E-state index is 0.00593. The molecule has 1 fully saturated rings. The van der Waals surface area contributed by atoms with Gasteiger partial charge in [0.05, 0.1) is 11.9 Å². The topological polar surface area (TPSA) is 38.3 Å². The lowest BCUT2D eigenvalue weighted by Gasteiger charge is -2.28. The van der Waals surface area contributed by atoms with Crippen LogP contribution in [-0.2, 0) is 9.53 Å². The summed E-state index contributed by atoms with van der Waals surface area (Å²) in [5.74, 6) is 0.464. The molecule has 82 valence electrons. The standard InChI is InChI=1S/C10H19NO2S/c1-7(11-10(12)8(2)14)9-4-3-5-13-6-9/h7-9,14H,3-6H2,1-2H3,(H,11,12). The highest BCUT2D eigenvalue weighted by Crippen LogP contribution is 2.17. The largest absolute Gasteiger partial charge is 0.381 e. The van der Waals surface area contributed by atoms with Crippen molar-refractivity contribution < 1.29 is 9.53 Å². The maximum atomic E-state index is 11.4. The second kappa shape index (κ2) is 5.61. The van der Waals surface area contributed by atoms with Crippen LogP contribution in [0.3, 0.4) is 0 Å². The van der Waals surface area contributed by atoms with Crippen LogP contribution < -0.4 is 5.32 Å². The third kappa shape index (κ3) is 3.50. The van der Waals surface area contributed by atoms with Crippen molar-refractivity contribution in [3.63, 3.8) is 0 Å². The Morgan fingerprint density at radius 1 is 1.57 bits per heavy atom. The molecular formula is C10H19NO2S. The molecule has 0 radical (unpaired) electrons. The molecule has 3 unspecified atom stereocenters. The Hall–Kier alpha value is -0.220. The quantitative estimate of drug-likeness (QED) is 0.698. The number of nitrogens with one attached hydrogen (secondary N) is 1. The third-order valence-electron chi connectivity index (χ3n) is 2.65. The van der Waals surface area contributed by atoms with Gasteiger partial charge >= 0.3 is 0 Å². The smallest absolute Gasteiger partial charge is 0.232 e. The van der Waals surface area contributed by atoms with Crippen LogP contribution in [0.15, 0.2) is 0 Å². The molecule has 1 heterocycles. The highest BCUT2D eigenvalue weighted by Gasteiger charge is 2.22. The maximum absolute atomic E-state index is 11.4. The minimum atomic E-state index is -0.234. The van der Waals surface area contributed by atoms with Crippen LogP contribution in [0.5, 0.6) is 0 Å². The van der Waals surface area contributed by atoms with Gasteiger partial charge in [-0.05, 0) is 26.7 Å². The van der Waals surface area contributed by atoms with Gasteiger partial charge in [0, 0.05) is 18.6 Å². The molecule has 3 atom stereocenters. The number of carbonyl (C=O) groups excluding carboxylic acids is 1. The number of ether oxygens (including phenoxy) is 1. The van der Waals surface area contributed by atoms with Gasteiger partial charge in [0.15, 0.2) is 0 Å². The van der Waals surface area contributed by atoms with Crippen molar-refractivity contribution >= 4 is 18.5 Å². The first-order valence-electron chi connectivity index (χ1n) is 5.17. The van der Waals surface area contributed by atoms with E-state index in [9.17, 15) is 4.79 Å². The van der Waals surface area contributed by atoms with Gasteiger partial charge in [-0.2, -0.15) is 12.6 Å². The van der Waals surface area contributed by atoms with Gasteiger partial charge in [0.1, 0.15) is 0 Å². The molecule has 0 saturated carbocycles. The maximum Gasteiger partial charge on any atom is 0.232 e. The molecule has 1 saturated heterocycles. The van der Waals surface area contributed by atoms with Gasteiger partial charge < -0.3 is 10.1 Å². The van der Waals surface area contributed by atoms with Crippen LogP contribution in [-0.4, -0.2) is 30.4 Å². The van der Waals surface area contributed by atoms with Gasteiger partial charge in [-0.3, -0.25) is 4.79 Å². The monoisotopic (exact) mass is 217 g/mol. The van der Waals surface area contributed by atoms with Crippen molar-refractivity contribution in [3.05, 3.63) is 0 Å². The molecule has 0 aromatic rings. The van der Waals surface area contributed by atoms with E-state index in [2.05, 4.69) is 17.9 Å². The predicted molar refractivity (Wildman–Crippen MR) is 59.6 cm³/mol. The van der Waals surface area contributed by atoms with Gasteiger partial charge in [-0.15, -0.1) is 0 Å². The molecule has 1 N–H and O–H groups in total. The van der Waals surface area contributed by atoms with Crippen molar-refractivity contribution in [2.24, 2.45) is 5.92 Å². The Bertz CT molecular complexity index is 191. The summed E-state index contributed by atoms with van der Waals surface area (Å²) in [5.41, 5.74) is 0. The van der Waals surface area contributed by atoms with Crippen LogP contribution in [0, 0.1) is 5.92 Å². The number of hydrogen-bond acceptors (Lipinski definition) is 3. The lowest BCUT2D eigenvalue weighted by molar-refractivity contribution is -0.121. The summed E-state index contributed by atoms with van der Waals surface area (Å²) < 4.78 is 5.37. The minimum Gasteiger partial charge on any atom is -0.381 e. The second-order valence-corrected chi connectivity index (χ2v) is 4.73. The molecule has 1 rings (SSSR count). The predicted octanol–water partition coefficient (Wildman–Crippen LogP) is 1.24. The number of rotatable bonds is 3. The first-order valence-corrected chi connectivity index (χ1v) is 5.69. The van der Waals surface area contributed by atoms with Crippen LogP contribution in [0.1, 0.15) is 26.7 Å². The Kier molecular flexibility index (Phi) is 4.75. The molecule has 1 amide bonds. The van der Waals surface area contributed by atoms with Crippen LogP contribution in [0.2, 0.25) is 0 Å². The van der Waals surface area contributed by atoms with Crippen molar-refractivity contribution in [1.82, 2.24) is 5.32 Å². The fourth-order valence-corrected chi connectivity index (χ4v) is 1.70. The van der Waals surface area contributed by atoms with Crippen LogP contribution >= 0.6 is 12.6 Å². The Morgan fingerprint density at radius 3 is 2.79 bits per heavy atom. The summed E-state index contributed by atoms with van der Waals surface area (Å²) >= 11 is 4.09. The molecule has 1 aliphatic rings. The van der Waals surface area contributed by atoms with E-state index < -0.39 is 0 Å². The zero-order chi connectivity index (χ0) is 10.6. The molecule has 0 aliphatic carbocycles. The van der Waals surface area contributed by atoms with Crippen molar-refractivity contribution in [1.29, 1.82) is 0 Å². The second-order valence-electron chi connectivity index (χ2n) is 3.95. The first kappa shape index (κ1) is 11.9. The van der Waals surface area contributed by atoms with Gasteiger partial charge in [-0.1, -0.05) is 0 Å². The molecule has 1 aliphatic heterocycles. The van der Waals surface area contributed by atoms with Crippen molar-refractivity contribution in [2.45, 2.75) is 38.0 Å². The Labute approximate surface area is 91.0 Å². The fourth-order valence-electron chi connectivity index (χ4n) is 1.62. The van der Waals surface area contributed by atoms with Gasteiger partial charge in [-0.25, -0.2) is 0 Å². The average Bonchev–Trinajstić information content (AvgIpc) is 2.19. The molecule has 0 aromatic carbocycles. The Balaban J connectivity index is 2.32. The molecule has 14 heavy (non-hydrogen) atoms. The highest BCUT2D eigenvalue weighted by atomic mass is 32.1. The summed E-state index contributed by atoms with van der Waals surface area (Å²) in [6.07, 6.45) is 2.24. The number of thiol groups is 1. The Morgan fingerprint density at radius 2 is 2.29 bits per heavy atom. The molecule has 0 spiro atoms. The summed E-state index contributed by atoms with van der Waals surface area (Å²) in [6.45, 7) is 5.44. The number of hydrogen-bond donors (Lipinski definition) is 2. The summed E-state index contributed by atoms with van der Waals surface area (Å²) in [7, 11) is 0. The lowest BCUT2D eigenvalue weighted by Crippen LogP contribution is -2.43. The van der Waals surface area contributed by atoms with Crippen molar-refractivity contribution in [3.8, 4) is 0 Å². The van der Waals surface area contributed by atoms with E-state index in [-0.39, 0.29) is 17.2 Å². The van der Waals surface area contributed by atoms with E-state index >= 15 is 0 Å². The molecular weight excluding hydrogens is 198 g/mol. The molecule has 0 bridgehead atoms. The van der Waals surface area contributed by atoms with Gasteiger partial charge in [0.2, 0.25) is 5.91 Å². The molecule has 4 heteroatoms. The zero-order valence-corrected chi connectivity index (χ0v) is 9.72. The fraction of sp³-hybridized carbons (Fsp3) is 0.900. The van der Waals surface area contributed by atoms with E-state index in [4.69, 9.17) is 4.74 Å². The van der Waals surface area contributed by atoms with E-state index in [1.807, 2.05) is 6.92 Å². The van der Waals surface area contributed by atoms with E-state index in [1.54, 1.807) is 6.92 Å². The highest BCUT2D eigenvalue weighted by molar-refractivity contribution is 7.81. The SMILES string of the molecule is CC(S)C(=O)NC(C)C1CCCOC1. The van der Waals surface area contributed by atoms with Gasteiger partial charge in [0.25, 0.3) is 0 Å².